The van der Waals surface area contributed by atoms with Gasteiger partial charge in [0.2, 0.25) is 11.8 Å². The molecule has 2 aliphatic heterocycles. The molecular weight excluding hydrogens is 966 g/mol. The van der Waals surface area contributed by atoms with E-state index in [0.717, 1.165) is 30.4 Å². The number of hydrogen-bond donors (Lipinski definition) is 2. The van der Waals surface area contributed by atoms with Crippen molar-refractivity contribution in [1.29, 1.82) is 0 Å². The summed E-state index contributed by atoms with van der Waals surface area (Å²) in [5.74, 6) is -0.409. The Kier molecular flexibility index (Phi) is 14.2. The number of amides is 2. The lowest BCUT2D eigenvalue weighted by atomic mass is 9.84. The summed E-state index contributed by atoms with van der Waals surface area (Å²) in [6.45, 7) is 7.97. The van der Waals surface area contributed by atoms with Crippen molar-refractivity contribution >= 4 is 57.0 Å². The lowest BCUT2D eigenvalue weighted by Crippen LogP contribution is -2.49. The highest BCUT2D eigenvalue weighted by Gasteiger charge is 2.55. The summed E-state index contributed by atoms with van der Waals surface area (Å²) in [5.41, 5.74) is 5.89. The number of aryl methyl sites for hydroxylation is 1. The second kappa shape index (κ2) is 19.0. The lowest BCUT2D eigenvalue weighted by molar-refractivity contribution is -0.154. The van der Waals surface area contributed by atoms with Crippen LogP contribution in [0.25, 0.3) is 0 Å². The van der Waals surface area contributed by atoms with Crippen LogP contribution >= 0.6 is 45.2 Å². The number of carbonyl (C=O) groups excluding carboxylic acids is 2. The molecule has 4 aliphatic rings. The maximum Gasteiger partial charge on any atom is 0.228 e. The Hall–Kier alpha value is -2.88. The minimum absolute atomic E-state index is 0.00164. The van der Waals surface area contributed by atoms with Gasteiger partial charge >= 0.3 is 0 Å². The molecule has 0 bridgehead atoms. The highest BCUT2D eigenvalue weighted by atomic mass is 127. The molecule has 59 heavy (non-hydrogen) atoms. The molecule has 0 radical (unpaired) electrons. The standard InChI is InChI=1S/C25H30INO3.C24H28INO3/c1-25(2)27(23-21-11-7-6-10-18(21)12-13-22(23)30-25)24(29)19(15-20(28)16-26)14-17-8-4-3-5-9-17;1-24(2)26(22-20-11-7-6-10-17(20)14-21(22)29-24)23(28)18(13-19(27)15-25)12-16-8-4-3-5-9-16/h3-11,19-20,22-23,28H,12-16H2,1-2H3;3-11,18-19,21-22,27H,12-15H2,1-2H3/t19-,20+,22-,23+;18-,19+,21-,22+/m11/s1. The number of nitrogens with zero attached hydrogens (tertiary/aromatic N) is 2. The molecule has 2 aliphatic carbocycles. The Morgan fingerprint density at radius 3 is 1.53 bits per heavy atom. The van der Waals surface area contributed by atoms with Crippen LogP contribution in [0.2, 0.25) is 0 Å². The maximum atomic E-state index is 14.0. The van der Waals surface area contributed by atoms with Crippen molar-refractivity contribution in [2.24, 2.45) is 11.8 Å². The zero-order chi connectivity index (χ0) is 41.9. The van der Waals surface area contributed by atoms with E-state index in [1.807, 2.05) is 86.0 Å². The third-order valence-corrected chi connectivity index (χ3v) is 14.5. The molecule has 4 aromatic rings. The van der Waals surface area contributed by atoms with Crippen molar-refractivity contribution in [2.75, 3.05) is 8.86 Å². The number of fused-ring (bicyclic) bond motifs is 6. The summed E-state index contributed by atoms with van der Waals surface area (Å²) in [4.78, 5) is 31.8. The predicted octanol–water partition coefficient (Wildman–Crippen LogP) is 8.97. The molecule has 8 rings (SSSR count). The maximum absolute atomic E-state index is 14.0. The molecule has 2 N–H and O–H groups in total. The number of hydrogen-bond acceptors (Lipinski definition) is 6. The Labute approximate surface area is 377 Å². The molecule has 8 atom stereocenters. The van der Waals surface area contributed by atoms with Crippen molar-refractivity contribution in [1.82, 2.24) is 9.80 Å². The molecule has 2 amide bonds. The third-order valence-electron chi connectivity index (χ3n) is 12.5. The van der Waals surface area contributed by atoms with E-state index in [1.54, 1.807) is 0 Å². The lowest BCUT2D eigenvalue weighted by Gasteiger charge is -2.38. The number of rotatable bonds is 12. The second-order valence-corrected chi connectivity index (χ2v) is 19.3. The van der Waals surface area contributed by atoms with Gasteiger partial charge in [0.05, 0.1) is 36.5 Å². The van der Waals surface area contributed by atoms with Gasteiger partial charge < -0.3 is 29.5 Å². The van der Waals surface area contributed by atoms with Gasteiger partial charge in [-0.3, -0.25) is 9.59 Å². The Morgan fingerprint density at radius 1 is 0.627 bits per heavy atom. The van der Waals surface area contributed by atoms with E-state index in [0.29, 0.717) is 34.5 Å². The Bertz CT molecular complexity index is 2050. The first-order valence-electron chi connectivity index (χ1n) is 21.0. The molecule has 8 nitrogen and oxygen atoms in total. The summed E-state index contributed by atoms with van der Waals surface area (Å²) in [5, 5.41) is 20.8. The first kappa shape index (κ1) is 44.2. The van der Waals surface area contributed by atoms with E-state index in [-0.39, 0.29) is 47.9 Å². The minimum Gasteiger partial charge on any atom is -0.392 e. The van der Waals surface area contributed by atoms with E-state index in [2.05, 4.69) is 106 Å². The molecule has 0 spiro atoms. The number of aliphatic hydroxyl groups is 2. The van der Waals surface area contributed by atoms with Gasteiger partial charge in [-0.1, -0.05) is 154 Å². The molecule has 4 aromatic carbocycles. The fourth-order valence-electron chi connectivity index (χ4n) is 9.93. The molecular formula is C49H58I2N2O6. The number of carbonyl (C=O) groups is 2. The molecule has 10 heteroatoms. The third kappa shape index (κ3) is 9.78. The van der Waals surface area contributed by atoms with Crippen molar-refractivity contribution in [3.8, 4) is 0 Å². The van der Waals surface area contributed by atoms with Gasteiger partial charge in [0.1, 0.15) is 11.4 Å². The number of benzene rings is 4. The SMILES string of the molecule is CC1(C)O[C@@H]2CCc3ccccc3[C@@H]2N1C(=O)[C@H](Cc1ccccc1)C[C@H](O)CI.CC1(C)O[C@@H]2Cc3ccccc3[C@@H]2N1C(=O)[C@H](Cc1ccccc1)C[C@H](O)CI. The van der Waals surface area contributed by atoms with Gasteiger partial charge in [0, 0.05) is 27.1 Å². The minimum atomic E-state index is -0.673. The molecule has 0 aromatic heterocycles. The summed E-state index contributed by atoms with van der Waals surface area (Å²) in [6.07, 6.45) is 3.95. The van der Waals surface area contributed by atoms with Gasteiger partial charge in [-0.15, -0.1) is 0 Å². The number of alkyl halides is 2. The van der Waals surface area contributed by atoms with Crippen molar-refractivity contribution in [3.63, 3.8) is 0 Å². The quantitative estimate of drug-likeness (QED) is 0.109. The molecule has 0 saturated carbocycles. The predicted molar refractivity (Wildman–Crippen MR) is 248 cm³/mol. The molecule has 0 unspecified atom stereocenters. The zero-order valence-corrected chi connectivity index (χ0v) is 38.9. The van der Waals surface area contributed by atoms with Crippen LogP contribution in [-0.2, 0) is 44.7 Å². The largest absolute Gasteiger partial charge is 0.392 e. The van der Waals surface area contributed by atoms with Crippen molar-refractivity contribution in [2.45, 2.75) is 121 Å². The van der Waals surface area contributed by atoms with E-state index in [9.17, 15) is 19.8 Å². The summed E-state index contributed by atoms with van der Waals surface area (Å²) < 4.78 is 14.0. The Balaban J connectivity index is 0.000000179. The molecule has 2 saturated heterocycles. The average Bonchev–Trinajstić information content (AvgIpc) is 3.82. The number of aliphatic hydroxyl groups excluding tert-OH is 2. The van der Waals surface area contributed by atoms with E-state index in [1.165, 1.54) is 22.3 Å². The fraction of sp³-hybridized carbons (Fsp3) is 0.469. The second-order valence-electron chi connectivity index (χ2n) is 17.5. The summed E-state index contributed by atoms with van der Waals surface area (Å²) in [7, 11) is 0. The van der Waals surface area contributed by atoms with Crippen molar-refractivity contribution < 1.29 is 29.3 Å². The van der Waals surface area contributed by atoms with Crippen LogP contribution < -0.4 is 0 Å². The van der Waals surface area contributed by atoms with Gasteiger partial charge in [0.15, 0.2) is 0 Å². The molecule has 2 heterocycles. The average molecular weight is 1020 g/mol. The van der Waals surface area contributed by atoms with Crippen LogP contribution in [0.3, 0.4) is 0 Å². The zero-order valence-electron chi connectivity index (χ0n) is 34.6. The smallest absolute Gasteiger partial charge is 0.228 e. The van der Waals surface area contributed by atoms with Crippen LogP contribution in [-0.4, -0.2) is 76.5 Å². The van der Waals surface area contributed by atoms with E-state index >= 15 is 0 Å². The highest BCUT2D eigenvalue weighted by molar-refractivity contribution is 14.1. The molecule has 2 fully saturated rings. The van der Waals surface area contributed by atoms with Crippen LogP contribution in [0.1, 0.15) is 92.4 Å². The van der Waals surface area contributed by atoms with E-state index < -0.39 is 23.7 Å². The first-order chi connectivity index (χ1) is 28.3. The fourth-order valence-corrected chi connectivity index (χ4v) is 10.6. The van der Waals surface area contributed by atoms with Gasteiger partial charge in [-0.25, -0.2) is 0 Å². The number of ether oxygens (including phenoxy) is 2. The monoisotopic (exact) mass is 1020 g/mol. The van der Waals surface area contributed by atoms with Crippen LogP contribution in [0.4, 0.5) is 0 Å². The van der Waals surface area contributed by atoms with Crippen molar-refractivity contribution in [3.05, 3.63) is 143 Å². The first-order valence-corrected chi connectivity index (χ1v) is 24.1. The van der Waals surface area contributed by atoms with Crippen LogP contribution in [0.5, 0.6) is 0 Å². The van der Waals surface area contributed by atoms with Gasteiger partial charge in [0.25, 0.3) is 0 Å². The molecule has 314 valence electrons. The highest BCUT2D eigenvalue weighted by Crippen LogP contribution is 2.50. The Morgan fingerprint density at radius 2 is 1.03 bits per heavy atom. The van der Waals surface area contributed by atoms with Gasteiger partial charge in [-0.2, -0.15) is 0 Å². The summed E-state index contributed by atoms with van der Waals surface area (Å²) in [6, 6.07) is 36.8. The normalized spacial score (nSPS) is 24.1. The topological polar surface area (TPSA) is 99.5 Å². The van der Waals surface area contributed by atoms with Crippen LogP contribution in [0.15, 0.2) is 109 Å². The van der Waals surface area contributed by atoms with E-state index in [4.69, 9.17) is 9.47 Å². The summed E-state index contributed by atoms with van der Waals surface area (Å²) >= 11 is 4.37. The van der Waals surface area contributed by atoms with Crippen LogP contribution in [0, 0.1) is 11.8 Å². The van der Waals surface area contributed by atoms with Gasteiger partial charge in [-0.05, 0) is 99.6 Å². The number of halogens is 2.